The minimum Gasteiger partial charge on any atom is -0.506 e. The molecule has 0 spiro atoms. The number of aliphatic imine (C=N–C) groups is 1. The number of aromatic nitrogens is 1. The fourth-order valence-corrected chi connectivity index (χ4v) is 4.22. The van der Waals surface area contributed by atoms with Gasteiger partial charge in [-0.3, -0.25) is 15.1 Å². The molecule has 4 aromatic carbocycles. The van der Waals surface area contributed by atoms with Crippen LogP contribution >= 0.6 is 27.5 Å². The van der Waals surface area contributed by atoms with Gasteiger partial charge in [-0.2, -0.15) is 0 Å². The van der Waals surface area contributed by atoms with Crippen molar-refractivity contribution in [2.24, 2.45) is 4.99 Å². The molecule has 5 rings (SSSR count). The van der Waals surface area contributed by atoms with Gasteiger partial charge in [-0.05, 0) is 51.6 Å². The number of nitro groups is 1. The normalized spacial score (nSPS) is 11.6. The van der Waals surface area contributed by atoms with Crippen LogP contribution in [0.5, 0.6) is 5.75 Å². The van der Waals surface area contributed by atoms with Crippen molar-refractivity contribution in [2.45, 2.75) is 0 Å². The molecule has 1 N–H and O–H groups in total. The molecule has 1 aromatic heterocycles. The maximum absolute atomic E-state index is 11.1. The number of non-ortho nitro benzene ring substituents is 1. The van der Waals surface area contributed by atoms with Crippen LogP contribution in [0.15, 0.2) is 80.6 Å². The van der Waals surface area contributed by atoms with Gasteiger partial charge in [0.15, 0.2) is 5.58 Å². The van der Waals surface area contributed by atoms with Gasteiger partial charge in [0.25, 0.3) is 5.69 Å². The maximum atomic E-state index is 11.1. The van der Waals surface area contributed by atoms with Crippen LogP contribution in [0.25, 0.3) is 33.3 Å². The molecule has 0 unspecified atom stereocenters. The number of nitro benzene ring substituents is 1. The predicted octanol–water partition coefficient (Wildman–Crippen LogP) is 7.43. The smallest absolute Gasteiger partial charge is 0.271 e. The zero-order chi connectivity index (χ0) is 23.1. The number of halogens is 2. The van der Waals surface area contributed by atoms with Gasteiger partial charge in [0.1, 0.15) is 11.3 Å². The summed E-state index contributed by atoms with van der Waals surface area (Å²) < 4.78 is 6.18. The van der Waals surface area contributed by atoms with Crippen LogP contribution in [0, 0.1) is 10.1 Å². The Bertz CT molecular complexity index is 1600. The van der Waals surface area contributed by atoms with Gasteiger partial charge in [-0.25, -0.2) is 4.98 Å². The highest BCUT2D eigenvalue weighted by molar-refractivity contribution is 9.10. The summed E-state index contributed by atoms with van der Waals surface area (Å²) in [6.45, 7) is 0. The third-order valence-electron chi connectivity index (χ3n) is 5.11. The van der Waals surface area contributed by atoms with E-state index in [4.69, 9.17) is 16.0 Å². The molecule has 9 heteroatoms. The van der Waals surface area contributed by atoms with Gasteiger partial charge >= 0.3 is 0 Å². The van der Waals surface area contributed by atoms with Crippen molar-refractivity contribution in [3.63, 3.8) is 0 Å². The molecule has 0 saturated heterocycles. The number of benzene rings is 4. The van der Waals surface area contributed by atoms with Crippen LogP contribution in [0.2, 0.25) is 5.02 Å². The first-order chi connectivity index (χ1) is 15.9. The monoisotopic (exact) mass is 521 g/mol. The van der Waals surface area contributed by atoms with E-state index in [1.54, 1.807) is 18.2 Å². The Kier molecular flexibility index (Phi) is 5.32. The molecule has 0 bridgehead atoms. The lowest BCUT2D eigenvalue weighted by atomic mass is 10.0. The van der Waals surface area contributed by atoms with Crippen LogP contribution < -0.4 is 0 Å². The van der Waals surface area contributed by atoms with Gasteiger partial charge in [0.2, 0.25) is 5.89 Å². The Morgan fingerprint density at radius 1 is 1.09 bits per heavy atom. The first-order valence-corrected chi connectivity index (χ1v) is 10.9. The van der Waals surface area contributed by atoms with E-state index in [0.717, 1.165) is 16.3 Å². The maximum Gasteiger partial charge on any atom is 0.271 e. The fourth-order valence-electron chi connectivity index (χ4n) is 3.52. The molecule has 0 aliphatic rings. The Morgan fingerprint density at radius 3 is 2.70 bits per heavy atom. The van der Waals surface area contributed by atoms with Gasteiger partial charge in [0.05, 0.1) is 15.1 Å². The molecule has 7 nitrogen and oxygen atoms in total. The molecule has 0 fully saturated rings. The minimum absolute atomic E-state index is 0.135. The molecule has 0 radical (unpaired) electrons. The number of aromatic hydroxyl groups is 1. The van der Waals surface area contributed by atoms with Crippen molar-refractivity contribution in [1.29, 1.82) is 0 Å². The quantitative estimate of drug-likeness (QED) is 0.150. The molecular weight excluding hydrogens is 510 g/mol. The topological polar surface area (TPSA) is 102 Å². The Hall–Kier alpha value is -3.75. The van der Waals surface area contributed by atoms with E-state index in [9.17, 15) is 15.2 Å². The van der Waals surface area contributed by atoms with Crippen molar-refractivity contribution in [1.82, 2.24) is 4.98 Å². The number of nitrogens with zero attached hydrogens (tertiary/aromatic N) is 3. The molecule has 0 amide bonds. The van der Waals surface area contributed by atoms with Crippen LogP contribution in [0.1, 0.15) is 5.56 Å². The van der Waals surface area contributed by atoms with E-state index in [-0.39, 0.29) is 21.5 Å². The lowest BCUT2D eigenvalue weighted by Crippen LogP contribution is -1.91. The van der Waals surface area contributed by atoms with E-state index < -0.39 is 4.92 Å². The van der Waals surface area contributed by atoms with Crippen molar-refractivity contribution >= 4 is 67.0 Å². The number of hydrogen-bond donors (Lipinski definition) is 1. The second-order valence-corrected chi connectivity index (χ2v) is 8.45. The first-order valence-electron chi connectivity index (χ1n) is 9.70. The van der Waals surface area contributed by atoms with E-state index >= 15 is 0 Å². The van der Waals surface area contributed by atoms with Crippen molar-refractivity contribution in [3.05, 3.63) is 91.9 Å². The summed E-state index contributed by atoms with van der Waals surface area (Å²) in [4.78, 5) is 19.5. The summed E-state index contributed by atoms with van der Waals surface area (Å²) in [6.07, 6.45) is 1.36. The predicted molar refractivity (Wildman–Crippen MR) is 132 cm³/mol. The van der Waals surface area contributed by atoms with Gasteiger partial charge in [-0.1, -0.05) is 35.9 Å². The highest BCUT2D eigenvalue weighted by Gasteiger charge is 2.15. The highest BCUT2D eigenvalue weighted by Crippen LogP contribution is 2.35. The second-order valence-electron chi connectivity index (χ2n) is 7.19. The third-order valence-corrected chi connectivity index (χ3v) is 6.05. The number of hydrogen-bond acceptors (Lipinski definition) is 6. The molecule has 1 heterocycles. The van der Waals surface area contributed by atoms with Crippen LogP contribution in [0.4, 0.5) is 11.4 Å². The lowest BCUT2D eigenvalue weighted by Gasteiger charge is -2.04. The summed E-state index contributed by atoms with van der Waals surface area (Å²) >= 11 is 9.45. The van der Waals surface area contributed by atoms with E-state index in [1.807, 2.05) is 36.4 Å². The first kappa shape index (κ1) is 21.1. The van der Waals surface area contributed by atoms with E-state index in [2.05, 4.69) is 25.9 Å². The number of rotatable bonds is 4. The molecule has 0 aliphatic heterocycles. The summed E-state index contributed by atoms with van der Waals surface area (Å²) in [5, 5.41) is 23.8. The summed E-state index contributed by atoms with van der Waals surface area (Å²) in [5.41, 5.74) is 2.61. The third kappa shape index (κ3) is 3.94. The number of phenols is 1. The Morgan fingerprint density at radius 2 is 1.88 bits per heavy atom. The number of phenolic OH excluding ortho intramolecular Hbond substituents is 1. The average molecular weight is 523 g/mol. The zero-order valence-corrected chi connectivity index (χ0v) is 19.0. The molecule has 33 heavy (non-hydrogen) atoms. The van der Waals surface area contributed by atoms with Gasteiger partial charge < -0.3 is 9.52 Å². The Labute approximate surface area is 200 Å². The summed E-state index contributed by atoms with van der Waals surface area (Å²) in [6, 6.07) is 19.1. The summed E-state index contributed by atoms with van der Waals surface area (Å²) in [5.74, 6) is 0.322. The lowest BCUT2D eigenvalue weighted by molar-refractivity contribution is -0.385. The summed E-state index contributed by atoms with van der Waals surface area (Å²) in [7, 11) is 0. The molecule has 5 aromatic rings. The SMILES string of the molecule is O=[N+]([O-])c1cc(Br)c(O)c(C=Nc2ccc3oc(-c4cccc5c(Cl)cccc45)nc3c2)c1. The van der Waals surface area contributed by atoms with Crippen LogP contribution in [-0.2, 0) is 0 Å². The number of fused-ring (bicyclic) bond motifs is 2. The largest absolute Gasteiger partial charge is 0.506 e. The van der Waals surface area contributed by atoms with Gasteiger partial charge in [0, 0.05) is 39.9 Å². The Balaban J connectivity index is 1.53. The van der Waals surface area contributed by atoms with Crippen molar-refractivity contribution in [2.75, 3.05) is 0 Å². The average Bonchev–Trinajstić information content (AvgIpc) is 3.23. The molecule has 0 aliphatic carbocycles. The number of oxazole rings is 1. The molecule has 0 atom stereocenters. The second kappa shape index (κ2) is 8.31. The molecule has 0 saturated carbocycles. The zero-order valence-electron chi connectivity index (χ0n) is 16.7. The van der Waals surface area contributed by atoms with Crippen LogP contribution in [-0.4, -0.2) is 21.2 Å². The van der Waals surface area contributed by atoms with Crippen molar-refractivity contribution in [3.8, 4) is 17.2 Å². The van der Waals surface area contributed by atoms with E-state index in [1.165, 1.54) is 18.3 Å². The fraction of sp³-hybridized carbons (Fsp3) is 0. The minimum atomic E-state index is -0.537. The van der Waals surface area contributed by atoms with Crippen LogP contribution in [0.3, 0.4) is 0 Å². The molecule has 162 valence electrons. The molecular formula is C24H13BrClN3O4. The van der Waals surface area contributed by atoms with Crippen molar-refractivity contribution < 1.29 is 14.4 Å². The highest BCUT2D eigenvalue weighted by atomic mass is 79.9. The van der Waals surface area contributed by atoms with E-state index in [0.29, 0.717) is 27.7 Å². The van der Waals surface area contributed by atoms with Gasteiger partial charge in [-0.15, -0.1) is 0 Å². The standard InChI is InChI=1S/C24H13BrClN3O4/c25-19-11-15(29(31)32)9-13(23(19)30)12-27-14-7-8-22-21(10-14)28-24(33-22)18-5-1-4-17-16(18)3-2-6-20(17)26/h1-12,30H.